The van der Waals surface area contributed by atoms with Crippen LogP contribution in [0.3, 0.4) is 0 Å². The van der Waals surface area contributed by atoms with Crippen LogP contribution in [0.25, 0.3) is 0 Å². The molecule has 0 aromatic heterocycles. The first-order valence-electron chi connectivity index (χ1n) is 7.92. The Hall–Kier alpha value is -0.570. The van der Waals surface area contributed by atoms with Crippen molar-refractivity contribution in [2.45, 2.75) is 71.3 Å². The minimum atomic E-state index is -0.642. The molecule has 0 amide bonds. The van der Waals surface area contributed by atoms with Crippen molar-refractivity contribution in [3.05, 3.63) is 0 Å². The first-order chi connectivity index (χ1) is 8.96. The summed E-state index contributed by atoms with van der Waals surface area (Å²) >= 11 is 0. The highest BCUT2D eigenvalue weighted by atomic mass is 16.4. The van der Waals surface area contributed by atoms with Crippen molar-refractivity contribution < 1.29 is 9.90 Å². The molecule has 0 aromatic carbocycles. The lowest BCUT2D eigenvalue weighted by molar-refractivity contribution is -0.137. The Morgan fingerprint density at radius 1 is 1.26 bits per heavy atom. The van der Waals surface area contributed by atoms with Crippen molar-refractivity contribution in [1.82, 2.24) is 4.90 Å². The molecule has 2 rings (SSSR count). The average molecular weight is 267 g/mol. The Bertz CT molecular complexity index is 306. The van der Waals surface area contributed by atoms with E-state index in [4.69, 9.17) is 5.11 Å². The van der Waals surface area contributed by atoms with Gasteiger partial charge < -0.3 is 10.0 Å². The molecule has 1 saturated carbocycles. The summed E-state index contributed by atoms with van der Waals surface area (Å²) in [5.74, 6) is 0.000380. The Labute approximate surface area is 117 Å². The lowest BCUT2D eigenvalue weighted by Gasteiger charge is -2.44. The van der Waals surface area contributed by atoms with E-state index < -0.39 is 5.97 Å². The molecule has 110 valence electrons. The van der Waals surface area contributed by atoms with Crippen LogP contribution in [0.15, 0.2) is 0 Å². The van der Waals surface area contributed by atoms with E-state index in [2.05, 4.69) is 18.7 Å². The second kappa shape index (κ2) is 6.25. The van der Waals surface area contributed by atoms with Crippen molar-refractivity contribution >= 4 is 5.97 Å². The smallest absolute Gasteiger partial charge is 0.303 e. The van der Waals surface area contributed by atoms with Gasteiger partial charge in [-0.1, -0.05) is 20.3 Å². The molecule has 1 saturated heterocycles. The minimum absolute atomic E-state index is 0.348. The van der Waals surface area contributed by atoms with Gasteiger partial charge in [-0.15, -0.1) is 0 Å². The number of nitrogens with zero attached hydrogens (tertiary/aromatic N) is 1. The monoisotopic (exact) mass is 267 g/mol. The Balaban J connectivity index is 1.75. The minimum Gasteiger partial charge on any atom is -0.481 e. The number of rotatable bonds is 4. The van der Waals surface area contributed by atoms with Gasteiger partial charge in [0.2, 0.25) is 0 Å². The number of carboxylic acid groups (broad SMARTS) is 1. The van der Waals surface area contributed by atoms with Gasteiger partial charge in [0.25, 0.3) is 0 Å². The van der Waals surface area contributed by atoms with Crippen LogP contribution in [0, 0.1) is 11.3 Å². The fraction of sp³-hybridized carbons (Fsp3) is 0.938. The third-order valence-corrected chi connectivity index (χ3v) is 5.11. The number of piperidine rings is 1. The summed E-state index contributed by atoms with van der Waals surface area (Å²) in [5.41, 5.74) is 0.517. The summed E-state index contributed by atoms with van der Waals surface area (Å²) in [6, 6.07) is 0.782. The van der Waals surface area contributed by atoms with Crippen molar-refractivity contribution in [3.8, 4) is 0 Å². The lowest BCUT2D eigenvalue weighted by atomic mass is 9.74. The highest BCUT2D eigenvalue weighted by Gasteiger charge is 2.33. The van der Waals surface area contributed by atoms with E-state index in [0.29, 0.717) is 17.8 Å². The quantitative estimate of drug-likeness (QED) is 0.847. The summed E-state index contributed by atoms with van der Waals surface area (Å²) in [4.78, 5) is 13.3. The van der Waals surface area contributed by atoms with Gasteiger partial charge in [0.1, 0.15) is 0 Å². The molecular weight excluding hydrogens is 238 g/mol. The van der Waals surface area contributed by atoms with Gasteiger partial charge in [-0.2, -0.15) is 0 Å². The van der Waals surface area contributed by atoms with Gasteiger partial charge in [0.15, 0.2) is 0 Å². The molecule has 0 radical (unpaired) electrons. The number of likely N-dealkylation sites (tertiary alicyclic amines) is 1. The molecule has 1 unspecified atom stereocenters. The average Bonchev–Trinajstić information content (AvgIpc) is 2.36. The molecule has 2 aliphatic rings. The van der Waals surface area contributed by atoms with Crippen molar-refractivity contribution in [2.24, 2.45) is 11.3 Å². The van der Waals surface area contributed by atoms with Crippen molar-refractivity contribution in [1.29, 1.82) is 0 Å². The number of carbonyl (C=O) groups is 1. The maximum absolute atomic E-state index is 10.6. The Morgan fingerprint density at radius 2 is 1.95 bits per heavy atom. The molecule has 1 aliphatic carbocycles. The van der Waals surface area contributed by atoms with Crippen LogP contribution in [0.4, 0.5) is 0 Å². The standard InChI is InChI=1S/C16H29NO2/c1-16(2)9-3-4-14(12-16)17-10-7-13(8-11-17)5-6-15(18)19/h13-14H,3-12H2,1-2H3,(H,18,19). The third kappa shape index (κ3) is 4.48. The lowest BCUT2D eigenvalue weighted by Crippen LogP contribution is -2.45. The summed E-state index contributed by atoms with van der Waals surface area (Å²) in [7, 11) is 0. The summed E-state index contributed by atoms with van der Waals surface area (Å²) in [6.07, 6.45) is 9.07. The van der Waals surface area contributed by atoms with Gasteiger partial charge in [0.05, 0.1) is 0 Å². The summed E-state index contributed by atoms with van der Waals surface area (Å²) in [6.45, 7) is 7.17. The SMILES string of the molecule is CC1(C)CCCC(N2CCC(CCC(=O)O)CC2)C1. The molecule has 0 bridgehead atoms. The van der Waals surface area contributed by atoms with Crippen LogP contribution in [0.5, 0.6) is 0 Å². The van der Waals surface area contributed by atoms with Gasteiger partial charge in [-0.05, 0) is 62.9 Å². The molecular formula is C16H29NO2. The van der Waals surface area contributed by atoms with Crippen molar-refractivity contribution in [3.63, 3.8) is 0 Å². The third-order valence-electron chi connectivity index (χ3n) is 5.11. The molecule has 0 aromatic rings. The zero-order chi connectivity index (χ0) is 13.9. The second-order valence-corrected chi connectivity index (χ2v) is 7.33. The molecule has 1 aliphatic heterocycles. The van der Waals surface area contributed by atoms with Gasteiger partial charge >= 0.3 is 5.97 Å². The Morgan fingerprint density at radius 3 is 2.53 bits per heavy atom. The highest BCUT2D eigenvalue weighted by molar-refractivity contribution is 5.66. The molecule has 1 heterocycles. The zero-order valence-corrected chi connectivity index (χ0v) is 12.5. The zero-order valence-electron chi connectivity index (χ0n) is 12.5. The molecule has 2 fully saturated rings. The molecule has 3 heteroatoms. The van der Waals surface area contributed by atoms with Gasteiger partial charge in [-0.3, -0.25) is 4.79 Å². The second-order valence-electron chi connectivity index (χ2n) is 7.33. The molecule has 0 spiro atoms. The summed E-state index contributed by atoms with van der Waals surface area (Å²) in [5, 5.41) is 8.75. The number of carboxylic acids is 1. The normalized spacial score (nSPS) is 29.3. The molecule has 1 atom stereocenters. The summed E-state index contributed by atoms with van der Waals surface area (Å²) < 4.78 is 0. The maximum atomic E-state index is 10.6. The van der Waals surface area contributed by atoms with E-state index in [1.807, 2.05) is 0 Å². The molecule has 1 N–H and O–H groups in total. The fourth-order valence-corrected chi connectivity index (χ4v) is 3.90. The fourth-order valence-electron chi connectivity index (χ4n) is 3.90. The number of hydrogen-bond acceptors (Lipinski definition) is 2. The first-order valence-corrected chi connectivity index (χ1v) is 7.92. The van der Waals surface area contributed by atoms with Gasteiger partial charge in [-0.25, -0.2) is 0 Å². The van der Waals surface area contributed by atoms with E-state index >= 15 is 0 Å². The van der Waals surface area contributed by atoms with Gasteiger partial charge in [0, 0.05) is 12.5 Å². The molecule has 19 heavy (non-hydrogen) atoms. The maximum Gasteiger partial charge on any atom is 0.303 e. The predicted molar refractivity (Wildman–Crippen MR) is 77.2 cm³/mol. The van der Waals surface area contributed by atoms with E-state index in [9.17, 15) is 4.79 Å². The topological polar surface area (TPSA) is 40.5 Å². The van der Waals surface area contributed by atoms with Crippen LogP contribution in [0.2, 0.25) is 0 Å². The number of aliphatic carboxylic acids is 1. The van der Waals surface area contributed by atoms with E-state index in [1.165, 1.54) is 51.6 Å². The van der Waals surface area contributed by atoms with E-state index in [0.717, 1.165) is 12.5 Å². The van der Waals surface area contributed by atoms with Crippen LogP contribution in [0.1, 0.15) is 65.2 Å². The van der Waals surface area contributed by atoms with Crippen LogP contribution >= 0.6 is 0 Å². The van der Waals surface area contributed by atoms with Crippen molar-refractivity contribution in [2.75, 3.05) is 13.1 Å². The highest BCUT2D eigenvalue weighted by Crippen LogP contribution is 2.38. The Kier molecular flexibility index (Phi) is 4.88. The predicted octanol–water partition coefficient (Wildman–Crippen LogP) is 3.53. The van der Waals surface area contributed by atoms with E-state index in [-0.39, 0.29) is 0 Å². The van der Waals surface area contributed by atoms with Crippen LogP contribution in [-0.2, 0) is 4.79 Å². The molecule has 3 nitrogen and oxygen atoms in total. The van der Waals surface area contributed by atoms with Crippen LogP contribution in [-0.4, -0.2) is 35.1 Å². The number of hydrogen-bond donors (Lipinski definition) is 1. The van der Waals surface area contributed by atoms with E-state index in [1.54, 1.807) is 0 Å². The first kappa shape index (κ1) is 14.8. The largest absolute Gasteiger partial charge is 0.481 e. The van der Waals surface area contributed by atoms with Crippen LogP contribution < -0.4 is 0 Å².